The number of piperidine rings is 2. The zero-order valence-corrected chi connectivity index (χ0v) is 18.2. The maximum absolute atomic E-state index is 13.1. The molecular formula is C21H31ClN2O3S. The lowest BCUT2D eigenvalue weighted by Crippen LogP contribution is -2.57. The van der Waals surface area contributed by atoms with Crippen LogP contribution in [0.1, 0.15) is 49.3 Å². The van der Waals surface area contributed by atoms with Crippen LogP contribution in [0.5, 0.6) is 5.75 Å². The number of ether oxygens (including phenoxy) is 1. The molecule has 0 amide bonds. The van der Waals surface area contributed by atoms with Gasteiger partial charge in [-0.15, -0.1) is 11.6 Å². The number of rotatable bonds is 6. The highest BCUT2D eigenvalue weighted by atomic mass is 35.5. The number of halogens is 1. The summed E-state index contributed by atoms with van der Waals surface area (Å²) in [6.45, 7) is 2.73. The van der Waals surface area contributed by atoms with Crippen LogP contribution in [-0.4, -0.2) is 62.0 Å². The van der Waals surface area contributed by atoms with Gasteiger partial charge >= 0.3 is 0 Å². The lowest BCUT2D eigenvalue weighted by Gasteiger charge is -2.51. The van der Waals surface area contributed by atoms with Crippen molar-refractivity contribution in [1.82, 2.24) is 9.21 Å². The number of hydrogen-bond donors (Lipinski definition) is 0. The number of hydrogen-bond acceptors (Lipinski definition) is 4. The first-order valence-corrected chi connectivity index (χ1v) is 12.6. The molecule has 1 aromatic rings. The molecule has 0 unspecified atom stereocenters. The highest BCUT2D eigenvalue weighted by molar-refractivity contribution is 7.89. The van der Waals surface area contributed by atoms with Crippen LogP contribution in [0.25, 0.3) is 0 Å². The second-order valence-electron chi connectivity index (χ2n) is 8.35. The van der Waals surface area contributed by atoms with Crippen LogP contribution in [0, 0.1) is 5.92 Å². The van der Waals surface area contributed by atoms with E-state index in [4.69, 9.17) is 16.3 Å². The molecule has 0 aliphatic carbocycles. The van der Waals surface area contributed by atoms with Crippen molar-refractivity contribution in [2.24, 2.45) is 5.92 Å². The van der Waals surface area contributed by atoms with Crippen molar-refractivity contribution < 1.29 is 13.2 Å². The summed E-state index contributed by atoms with van der Waals surface area (Å²) in [6.07, 6.45) is 5.46. The summed E-state index contributed by atoms with van der Waals surface area (Å²) in [5, 5.41) is 0. The van der Waals surface area contributed by atoms with E-state index in [2.05, 4.69) is 17.0 Å². The van der Waals surface area contributed by atoms with Crippen molar-refractivity contribution in [3.8, 4) is 5.75 Å². The minimum Gasteiger partial charge on any atom is -0.497 e. The van der Waals surface area contributed by atoms with Gasteiger partial charge in [-0.1, -0.05) is 6.07 Å². The highest BCUT2D eigenvalue weighted by Crippen LogP contribution is 2.44. The Balaban J connectivity index is 1.57. The van der Waals surface area contributed by atoms with Gasteiger partial charge in [-0.05, 0) is 67.7 Å². The van der Waals surface area contributed by atoms with Gasteiger partial charge in [0.1, 0.15) is 5.75 Å². The molecule has 7 heteroatoms. The van der Waals surface area contributed by atoms with Gasteiger partial charge in [0.2, 0.25) is 10.0 Å². The fourth-order valence-corrected chi connectivity index (χ4v) is 7.43. The summed E-state index contributed by atoms with van der Waals surface area (Å²) in [5.41, 5.74) is 2.71. The van der Waals surface area contributed by atoms with E-state index < -0.39 is 10.0 Å². The van der Waals surface area contributed by atoms with Crippen molar-refractivity contribution in [2.45, 2.75) is 50.6 Å². The third-order valence-electron chi connectivity index (χ3n) is 6.76. The maximum atomic E-state index is 13.1. The molecule has 2 saturated heterocycles. The van der Waals surface area contributed by atoms with Gasteiger partial charge in [0, 0.05) is 37.6 Å². The predicted octanol–water partition coefficient (Wildman–Crippen LogP) is 3.43. The number of unbranched alkanes of at least 4 members (excludes halogenated alkanes) is 1. The minimum absolute atomic E-state index is 0.129. The Hall–Kier alpha value is -0.820. The molecule has 3 aliphatic rings. The van der Waals surface area contributed by atoms with E-state index in [1.165, 1.54) is 11.1 Å². The second kappa shape index (κ2) is 8.50. The average molecular weight is 427 g/mol. The number of fused-ring (bicyclic) bond motifs is 4. The Morgan fingerprint density at radius 1 is 1.25 bits per heavy atom. The van der Waals surface area contributed by atoms with Gasteiger partial charge in [-0.25, -0.2) is 8.42 Å². The summed E-state index contributed by atoms with van der Waals surface area (Å²) in [6, 6.07) is 6.82. The molecule has 0 saturated carbocycles. The van der Waals surface area contributed by atoms with Gasteiger partial charge in [0.05, 0.1) is 12.9 Å². The Labute approximate surface area is 174 Å². The number of benzene rings is 1. The van der Waals surface area contributed by atoms with Gasteiger partial charge in [0.15, 0.2) is 0 Å². The van der Waals surface area contributed by atoms with E-state index in [-0.39, 0.29) is 11.8 Å². The molecule has 3 heterocycles. The van der Waals surface area contributed by atoms with Gasteiger partial charge in [-0.3, -0.25) is 4.90 Å². The highest BCUT2D eigenvalue weighted by Gasteiger charge is 2.45. The first kappa shape index (κ1) is 20.5. The smallest absolute Gasteiger partial charge is 0.214 e. The monoisotopic (exact) mass is 426 g/mol. The number of nitrogens with zero attached hydrogens (tertiary/aromatic N) is 2. The first-order valence-electron chi connectivity index (χ1n) is 10.5. The summed E-state index contributed by atoms with van der Waals surface area (Å²) < 4.78 is 33.4. The normalized spacial score (nSPS) is 28.3. The number of methoxy groups -OCH3 is 1. The lowest BCUT2D eigenvalue weighted by atomic mass is 9.77. The van der Waals surface area contributed by atoms with E-state index in [0.717, 1.165) is 50.9 Å². The van der Waals surface area contributed by atoms with Crippen LogP contribution < -0.4 is 4.74 Å². The van der Waals surface area contributed by atoms with Crippen molar-refractivity contribution >= 4 is 21.6 Å². The summed E-state index contributed by atoms with van der Waals surface area (Å²) in [7, 11) is -1.51. The third kappa shape index (κ3) is 3.93. The van der Waals surface area contributed by atoms with E-state index in [0.29, 0.717) is 30.8 Å². The molecule has 2 fully saturated rings. The molecule has 0 aromatic heterocycles. The average Bonchev–Trinajstić information content (AvgIpc) is 2.71. The van der Waals surface area contributed by atoms with E-state index >= 15 is 0 Å². The van der Waals surface area contributed by atoms with Crippen LogP contribution in [-0.2, 0) is 16.4 Å². The topological polar surface area (TPSA) is 49.9 Å². The van der Waals surface area contributed by atoms with Crippen LogP contribution in [0.15, 0.2) is 18.2 Å². The van der Waals surface area contributed by atoms with E-state index in [1.54, 1.807) is 7.11 Å². The molecule has 0 bridgehead atoms. The largest absolute Gasteiger partial charge is 0.497 e. The summed E-state index contributed by atoms with van der Waals surface area (Å²) in [4.78, 5) is 2.58. The summed E-state index contributed by atoms with van der Waals surface area (Å²) >= 11 is 5.75. The van der Waals surface area contributed by atoms with Gasteiger partial charge in [-0.2, -0.15) is 4.31 Å². The fraction of sp³-hybridized carbons (Fsp3) is 0.714. The molecule has 5 nitrogen and oxygen atoms in total. The molecule has 0 N–H and O–H groups in total. The molecule has 156 valence electrons. The fourth-order valence-electron chi connectivity index (χ4n) is 5.36. The zero-order valence-electron chi connectivity index (χ0n) is 16.6. The van der Waals surface area contributed by atoms with Crippen molar-refractivity contribution in [3.63, 3.8) is 0 Å². The van der Waals surface area contributed by atoms with E-state index in [9.17, 15) is 8.42 Å². The number of sulfonamides is 1. The SMILES string of the molecule is COc1ccc2c(c1)CCN1C[C@H]3CCCN(S(=O)(=O)CCCCCl)[C@H]3C[C@@H]21. The second-order valence-corrected chi connectivity index (χ2v) is 10.8. The van der Waals surface area contributed by atoms with Crippen LogP contribution in [0.3, 0.4) is 0 Å². The van der Waals surface area contributed by atoms with Crippen LogP contribution >= 0.6 is 11.6 Å². The molecule has 28 heavy (non-hydrogen) atoms. The molecule has 1 aromatic carbocycles. The van der Waals surface area contributed by atoms with E-state index in [1.807, 2.05) is 10.4 Å². The summed E-state index contributed by atoms with van der Waals surface area (Å²) in [5.74, 6) is 2.11. The van der Waals surface area contributed by atoms with Crippen LogP contribution in [0.2, 0.25) is 0 Å². The van der Waals surface area contributed by atoms with Gasteiger partial charge in [0.25, 0.3) is 0 Å². The Morgan fingerprint density at radius 3 is 2.89 bits per heavy atom. The molecule has 0 radical (unpaired) electrons. The molecule has 4 rings (SSSR count). The number of alkyl halides is 1. The lowest BCUT2D eigenvalue weighted by molar-refractivity contribution is 0.0219. The van der Waals surface area contributed by atoms with Gasteiger partial charge < -0.3 is 4.74 Å². The first-order chi connectivity index (χ1) is 13.5. The molecule has 0 spiro atoms. The Morgan fingerprint density at radius 2 is 2.11 bits per heavy atom. The standard InChI is InChI=1S/C21H31ClN2O3S/c1-27-18-6-7-19-16(13-18)8-11-23-15-17-5-4-10-24(20(17)14-21(19)23)28(25,26)12-3-2-9-22/h6-7,13,17,20-21H,2-5,8-12,14-15H2,1H3/t17-,20+,21+/m1/s1. The van der Waals surface area contributed by atoms with Crippen molar-refractivity contribution in [3.05, 3.63) is 29.3 Å². The van der Waals surface area contributed by atoms with Crippen molar-refractivity contribution in [1.29, 1.82) is 0 Å². The molecule has 3 atom stereocenters. The third-order valence-corrected chi connectivity index (χ3v) is 9.00. The Bertz CT molecular complexity index is 801. The minimum atomic E-state index is -3.22. The van der Waals surface area contributed by atoms with Crippen molar-refractivity contribution in [2.75, 3.05) is 38.4 Å². The van der Waals surface area contributed by atoms with Crippen LogP contribution in [0.4, 0.5) is 0 Å². The zero-order chi connectivity index (χ0) is 19.7. The molecular weight excluding hydrogens is 396 g/mol. The maximum Gasteiger partial charge on any atom is 0.214 e. The Kier molecular flexibility index (Phi) is 6.21. The quantitative estimate of drug-likeness (QED) is 0.516. The predicted molar refractivity (Wildman–Crippen MR) is 113 cm³/mol. The molecule has 3 aliphatic heterocycles.